The average Bonchev–Trinajstić information content (AvgIpc) is 3.48. The molecule has 4 N–H and O–H groups in total. The van der Waals surface area contributed by atoms with Gasteiger partial charge in [0.25, 0.3) is 5.62 Å². The van der Waals surface area contributed by atoms with Gasteiger partial charge >= 0.3 is 0 Å². The zero-order chi connectivity index (χ0) is 22.9. The van der Waals surface area contributed by atoms with Crippen LogP contribution in [0.15, 0.2) is 41.5 Å². The lowest BCUT2D eigenvalue weighted by Gasteiger charge is -2.12. The number of H-pyrrole nitrogens is 1. The van der Waals surface area contributed by atoms with Crippen molar-refractivity contribution in [2.75, 3.05) is 11.9 Å². The largest absolute Gasteiger partial charge is 0.494 e. The number of rotatable bonds is 7. The Morgan fingerprint density at radius 3 is 2.88 bits per heavy atom. The lowest BCUT2D eigenvalue weighted by atomic mass is 10.1. The Hall–Kier alpha value is -3.95. The molecular weight excluding hydrogens is 425 g/mol. The van der Waals surface area contributed by atoms with E-state index in [-0.39, 0.29) is 23.6 Å². The molecule has 1 aliphatic rings. The summed E-state index contributed by atoms with van der Waals surface area (Å²) in [5.74, 6) is 0.487. The Bertz CT molecular complexity index is 1420. The number of anilines is 1. The fourth-order valence-electron chi connectivity index (χ4n) is 3.77. The minimum absolute atomic E-state index is 0.140. The fourth-order valence-corrected chi connectivity index (χ4v) is 3.77. The van der Waals surface area contributed by atoms with Gasteiger partial charge in [0.15, 0.2) is 17.4 Å². The highest BCUT2D eigenvalue weighted by molar-refractivity contribution is 5.61. The second-order valence-corrected chi connectivity index (χ2v) is 8.32. The molecule has 3 heterocycles. The van der Waals surface area contributed by atoms with Gasteiger partial charge in [0.2, 0.25) is 5.95 Å². The molecule has 1 aliphatic carbocycles. The van der Waals surface area contributed by atoms with Crippen molar-refractivity contribution in [2.24, 2.45) is 10.9 Å². The quantitative estimate of drug-likeness (QED) is 0.342. The molecule has 1 atom stereocenters. The van der Waals surface area contributed by atoms with Gasteiger partial charge in [-0.2, -0.15) is 19.6 Å². The number of aromatic hydroxyl groups is 2. The summed E-state index contributed by atoms with van der Waals surface area (Å²) >= 11 is 0. The van der Waals surface area contributed by atoms with Crippen LogP contribution in [-0.2, 0) is 6.42 Å². The third kappa shape index (κ3) is 4.64. The zero-order valence-corrected chi connectivity index (χ0v) is 18.0. The highest BCUT2D eigenvalue weighted by Crippen LogP contribution is 2.33. The summed E-state index contributed by atoms with van der Waals surface area (Å²) < 4.78 is 15.0. The van der Waals surface area contributed by atoms with Crippen molar-refractivity contribution in [2.45, 2.75) is 32.2 Å². The van der Waals surface area contributed by atoms with E-state index in [9.17, 15) is 14.6 Å². The molecule has 3 aromatic heterocycles. The third-order valence-corrected chi connectivity index (χ3v) is 5.73. The van der Waals surface area contributed by atoms with Crippen molar-refractivity contribution in [3.05, 3.63) is 64.3 Å². The van der Waals surface area contributed by atoms with Crippen LogP contribution in [-0.4, -0.2) is 47.4 Å². The lowest BCUT2D eigenvalue weighted by molar-refractivity contribution is 0.425. The predicted octanol–water partition coefficient (Wildman–Crippen LogP) is 1.90. The molecule has 1 fully saturated rings. The Morgan fingerprint density at radius 1 is 1.30 bits per heavy atom. The molecule has 0 spiro atoms. The van der Waals surface area contributed by atoms with Crippen molar-refractivity contribution < 1.29 is 14.6 Å². The van der Waals surface area contributed by atoms with Crippen LogP contribution in [0.1, 0.15) is 30.9 Å². The van der Waals surface area contributed by atoms with E-state index in [1.165, 1.54) is 35.6 Å². The maximum atomic E-state index is 13.5. The van der Waals surface area contributed by atoms with Crippen LogP contribution in [0.25, 0.3) is 11.7 Å². The molecule has 0 radical (unpaired) electrons. The predicted molar refractivity (Wildman–Crippen MR) is 120 cm³/mol. The molecular formula is C23H24FN7O2. The SMILES string of the molecule is CC(Nc1nc(=NCCc2cccc(F)c2)n2ncc(=Cc3cc(O)[nH]c3O)c2n1)C1CC1. The van der Waals surface area contributed by atoms with Gasteiger partial charge in [0.05, 0.1) is 6.20 Å². The van der Waals surface area contributed by atoms with E-state index in [4.69, 9.17) is 0 Å². The normalized spacial score (nSPS) is 15.9. The number of benzene rings is 1. The number of aromatic amines is 1. The number of fused-ring (bicyclic) bond motifs is 1. The minimum atomic E-state index is -0.274. The lowest BCUT2D eigenvalue weighted by Crippen LogP contribution is -2.27. The summed E-state index contributed by atoms with van der Waals surface area (Å²) in [5.41, 5.74) is 2.15. The topological polar surface area (TPSA) is 124 Å². The Morgan fingerprint density at radius 2 is 2.15 bits per heavy atom. The summed E-state index contributed by atoms with van der Waals surface area (Å²) in [4.78, 5) is 16.3. The van der Waals surface area contributed by atoms with E-state index in [0.29, 0.717) is 46.9 Å². The Labute approximate surface area is 188 Å². The molecule has 33 heavy (non-hydrogen) atoms. The standard InChI is InChI=1S/C23H24FN7O2/c1-13(15-5-6-15)27-22-29-20-17(10-16-11-19(32)28-21(16)33)12-26-31(20)23(30-22)25-8-7-14-3-2-4-18(24)9-14/h2-4,9-13,15,28,32-33H,5-8H2,1H3,(H,25,27,30). The van der Waals surface area contributed by atoms with Crippen LogP contribution in [0.2, 0.25) is 0 Å². The van der Waals surface area contributed by atoms with Gasteiger partial charge < -0.3 is 15.5 Å². The second-order valence-electron chi connectivity index (χ2n) is 8.32. The van der Waals surface area contributed by atoms with Crippen LogP contribution in [0.3, 0.4) is 0 Å². The van der Waals surface area contributed by atoms with Crippen LogP contribution in [0.5, 0.6) is 11.8 Å². The van der Waals surface area contributed by atoms with Gasteiger partial charge in [-0.25, -0.2) is 9.38 Å². The summed E-state index contributed by atoms with van der Waals surface area (Å²) in [5, 5.41) is 28.0. The number of hydrogen-bond donors (Lipinski definition) is 4. The molecule has 0 bridgehead atoms. The van der Waals surface area contributed by atoms with Gasteiger partial charge in [0, 0.05) is 29.4 Å². The molecule has 170 valence electrons. The van der Waals surface area contributed by atoms with Crippen molar-refractivity contribution in [1.29, 1.82) is 0 Å². The monoisotopic (exact) mass is 449 g/mol. The van der Waals surface area contributed by atoms with Crippen LogP contribution in [0, 0.1) is 11.7 Å². The van der Waals surface area contributed by atoms with Crippen LogP contribution < -0.4 is 16.2 Å². The highest BCUT2D eigenvalue weighted by Gasteiger charge is 2.28. The molecule has 4 aromatic rings. The molecule has 10 heteroatoms. The average molecular weight is 449 g/mol. The fraction of sp³-hybridized carbons (Fsp3) is 0.304. The van der Waals surface area contributed by atoms with Crippen molar-refractivity contribution in [3.63, 3.8) is 0 Å². The summed E-state index contributed by atoms with van der Waals surface area (Å²) in [6.07, 6.45) is 6.20. The zero-order valence-electron chi connectivity index (χ0n) is 18.0. The third-order valence-electron chi connectivity index (χ3n) is 5.73. The molecule has 0 amide bonds. The number of hydrogen-bond acceptors (Lipinski definition) is 7. The molecule has 0 aliphatic heterocycles. The summed E-state index contributed by atoms with van der Waals surface area (Å²) in [7, 11) is 0. The highest BCUT2D eigenvalue weighted by atomic mass is 19.1. The van der Waals surface area contributed by atoms with Crippen molar-refractivity contribution in [1.82, 2.24) is 24.6 Å². The second kappa shape index (κ2) is 8.53. The first-order chi connectivity index (χ1) is 16.0. The smallest absolute Gasteiger partial charge is 0.251 e. The maximum Gasteiger partial charge on any atom is 0.251 e. The van der Waals surface area contributed by atoms with E-state index in [1.807, 2.05) is 6.07 Å². The first kappa shape index (κ1) is 20.9. The summed E-state index contributed by atoms with van der Waals surface area (Å²) in [6.45, 7) is 2.51. The van der Waals surface area contributed by atoms with Gasteiger partial charge in [-0.15, -0.1) is 0 Å². The Kier molecular flexibility index (Phi) is 5.41. The molecule has 1 saturated carbocycles. The molecule has 1 aromatic carbocycles. The van der Waals surface area contributed by atoms with E-state index in [1.54, 1.807) is 18.3 Å². The van der Waals surface area contributed by atoms with E-state index in [0.717, 1.165) is 5.56 Å². The van der Waals surface area contributed by atoms with Crippen LogP contribution >= 0.6 is 0 Å². The molecule has 1 unspecified atom stereocenters. The van der Waals surface area contributed by atoms with E-state index < -0.39 is 0 Å². The number of nitrogens with one attached hydrogen (secondary N) is 2. The number of aromatic nitrogens is 5. The summed E-state index contributed by atoms with van der Waals surface area (Å²) in [6, 6.07) is 8.09. The van der Waals surface area contributed by atoms with Crippen molar-refractivity contribution >= 4 is 17.7 Å². The van der Waals surface area contributed by atoms with Gasteiger partial charge in [0.1, 0.15) is 5.82 Å². The minimum Gasteiger partial charge on any atom is -0.494 e. The van der Waals surface area contributed by atoms with Gasteiger partial charge in [-0.05, 0) is 55.9 Å². The first-order valence-electron chi connectivity index (χ1n) is 10.9. The Balaban J connectivity index is 1.54. The first-order valence-corrected chi connectivity index (χ1v) is 10.9. The maximum absolute atomic E-state index is 13.5. The number of halogens is 1. The van der Waals surface area contributed by atoms with Gasteiger partial charge in [-0.1, -0.05) is 12.1 Å². The molecule has 9 nitrogen and oxygen atoms in total. The van der Waals surface area contributed by atoms with Gasteiger partial charge in [-0.3, -0.25) is 4.98 Å². The van der Waals surface area contributed by atoms with E-state index in [2.05, 4.69) is 37.3 Å². The number of nitrogens with zero attached hydrogens (tertiary/aromatic N) is 5. The molecule has 5 rings (SSSR count). The van der Waals surface area contributed by atoms with Crippen molar-refractivity contribution in [3.8, 4) is 11.8 Å². The van der Waals surface area contributed by atoms with E-state index >= 15 is 0 Å². The van der Waals surface area contributed by atoms with Crippen LogP contribution in [0.4, 0.5) is 10.3 Å². The molecule has 0 saturated heterocycles.